The molecule has 30 heavy (non-hydrogen) atoms. The molecule has 1 amide bonds. The quantitative estimate of drug-likeness (QED) is 0.649. The summed E-state index contributed by atoms with van der Waals surface area (Å²) in [4.78, 5) is 12.7. The molecular weight excluding hydrogens is 408 g/mol. The van der Waals surface area contributed by atoms with Crippen LogP contribution in [0.5, 0.6) is 11.5 Å². The van der Waals surface area contributed by atoms with Crippen molar-refractivity contribution < 1.29 is 19.0 Å². The van der Waals surface area contributed by atoms with Crippen LogP contribution in [0.1, 0.15) is 33.4 Å². The van der Waals surface area contributed by atoms with Crippen molar-refractivity contribution in [2.75, 3.05) is 14.2 Å². The van der Waals surface area contributed by atoms with E-state index in [1.54, 1.807) is 31.0 Å². The van der Waals surface area contributed by atoms with Crippen LogP contribution < -0.4 is 14.8 Å². The average Bonchev–Trinajstić information content (AvgIpc) is 3.21. The molecule has 1 N–H and O–H groups in total. The summed E-state index contributed by atoms with van der Waals surface area (Å²) >= 11 is 5.95. The normalized spacial score (nSPS) is 15.4. The number of rotatable bonds is 6. The number of aromatic nitrogens is 3. The van der Waals surface area contributed by atoms with Gasteiger partial charge in [0.2, 0.25) is 0 Å². The van der Waals surface area contributed by atoms with Crippen LogP contribution in [0.4, 0.5) is 0 Å². The highest BCUT2D eigenvalue weighted by atomic mass is 35.5. The van der Waals surface area contributed by atoms with Gasteiger partial charge in [0.05, 0.1) is 33.1 Å². The van der Waals surface area contributed by atoms with E-state index < -0.39 is 0 Å². The second-order valence-corrected chi connectivity index (χ2v) is 7.21. The number of hydrogen-bond acceptors (Lipinski definition) is 6. The van der Waals surface area contributed by atoms with Crippen LogP contribution in [0.2, 0.25) is 5.02 Å². The maximum Gasteiger partial charge on any atom is 0.274 e. The van der Waals surface area contributed by atoms with Gasteiger partial charge in [-0.05, 0) is 35.9 Å². The molecule has 1 atom stereocenters. The molecule has 4 rings (SSSR count). The van der Waals surface area contributed by atoms with E-state index in [0.29, 0.717) is 28.8 Å². The maximum absolute atomic E-state index is 12.7. The van der Waals surface area contributed by atoms with Gasteiger partial charge in [-0.25, -0.2) is 4.68 Å². The SMILES string of the molecule is COc1ccc(OC)c(CNC(=O)c2nnn3c2COC(c2ccc(Cl)cc2)C3)c1. The Labute approximate surface area is 178 Å². The lowest BCUT2D eigenvalue weighted by Gasteiger charge is -2.24. The third kappa shape index (κ3) is 4.10. The molecular formula is C21H21ClN4O4. The van der Waals surface area contributed by atoms with E-state index in [0.717, 1.165) is 11.1 Å². The molecule has 3 aromatic rings. The minimum Gasteiger partial charge on any atom is -0.497 e. The van der Waals surface area contributed by atoms with Crippen molar-refractivity contribution in [1.29, 1.82) is 0 Å². The number of methoxy groups -OCH3 is 2. The van der Waals surface area contributed by atoms with E-state index in [1.165, 1.54) is 0 Å². The molecule has 0 radical (unpaired) electrons. The van der Waals surface area contributed by atoms with Gasteiger partial charge in [0.25, 0.3) is 5.91 Å². The number of hydrogen-bond donors (Lipinski definition) is 1. The third-order valence-electron chi connectivity index (χ3n) is 4.98. The third-order valence-corrected chi connectivity index (χ3v) is 5.23. The molecule has 9 heteroatoms. The molecule has 0 saturated carbocycles. The van der Waals surface area contributed by atoms with E-state index in [-0.39, 0.29) is 30.9 Å². The van der Waals surface area contributed by atoms with Crippen molar-refractivity contribution in [3.05, 3.63) is 70.0 Å². The Morgan fingerprint density at radius 1 is 1.23 bits per heavy atom. The lowest BCUT2D eigenvalue weighted by molar-refractivity contribution is -0.00177. The molecule has 2 aromatic carbocycles. The van der Waals surface area contributed by atoms with E-state index >= 15 is 0 Å². The van der Waals surface area contributed by atoms with Crippen molar-refractivity contribution in [2.45, 2.75) is 25.8 Å². The lowest BCUT2D eigenvalue weighted by Crippen LogP contribution is -2.27. The lowest BCUT2D eigenvalue weighted by atomic mass is 10.1. The smallest absolute Gasteiger partial charge is 0.274 e. The number of nitrogens with zero attached hydrogens (tertiary/aromatic N) is 3. The second kappa shape index (κ2) is 8.73. The average molecular weight is 429 g/mol. The van der Waals surface area contributed by atoms with Crippen LogP contribution >= 0.6 is 11.6 Å². The van der Waals surface area contributed by atoms with Crippen molar-refractivity contribution in [1.82, 2.24) is 20.3 Å². The molecule has 0 bridgehead atoms. The Bertz CT molecular complexity index is 1050. The number of ether oxygens (including phenoxy) is 3. The van der Waals surface area contributed by atoms with Gasteiger partial charge >= 0.3 is 0 Å². The molecule has 0 spiro atoms. The van der Waals surface area contributed by atoms with E-state index in [4.69, 9.17) is 25.8 Å². The predicted octanol–water partition coefficient (Wildman–Crippen LogP) is 3.15. The monoisotopic (exact) mass is 428 g/mol. The van der Waals surface area contributed by atoms with Gasteiger partial charge in [-0.15, -0.1) is 5.10 Å². The van der Waals surface area contributed by atoms with Crippen LogP contribution in [0, 0.1) is 0 Å². The van der Waals surface area contributed by atoms with Crippen LogP contribution in [0.3, 0.4) is 0 Å². The summed E-state index contributed by atoms with van der Waals surface area (Å²) in [5.74, 6) is 1.02. The van der Waals surface area contributed by atoms with Gasteiger partial charge in [-0.3, -0.25) is 4.79 Å². The summed E-state index contributed by atoms with van der Waals surface area (Å²) in [5.41, 5.74) is 2.70. The highest BCUT2D eigenvalue weighted by molar-refractivity contribution is 6.30. The Hall–Kier alpha value is -3.10. The van der Waals surface area contributed by atoms with Gasteiger partial charge in [0.15, 0.2) is 5.69 Å². The number of halogens is 1. The first kappa shape index (κ1) is 20.2. The predicted molar refractivity (Wildman–Crippen MR) is 110 cm³/mol. The number of amides is 1. The van der Waals surface area contributed by atoms with Crippen molar-refractivity contribution in [3.8, 4) is 11.5 Å². The number of benzene rings is 2. The summed E-state index contributed by atoms with van der Waals surface area (Å²) in [7, 11) is 3.17. The van der Waals surface area contributed by atoms with Crippen molar-refractivity contribution >= 4 is 17.5 Å². The van der Waals surface area contributed by atoms with E-state index in [1.807, 2.05) is 30.3 Å². The number of fused-ring (bicyclic) bond motifs is 1. The van der Waals surface area contributed by atoms with Crippen LogP contribution in [-0.2, 0) is 24.4 Å². The fourth-order valence-corrected chi connectivity index (χ4v) is 3.47. The summed E-state index contributed by atoms with van der Waals surface area (Å²) in [5, 5.41) is 11.7. The summed E-state index contributed by atoms with van der Waals surface area (Å²) in [6.07, 6.45) is -0.173. The zero-order valence-electron chi connectivity index (χ0n) is 16.6. The molecule has 156 valence electrons. The fraction of sp³-hybridized carbons (Fsp3) is 0.286. The molecule has 0 aliphatic carbocycles. The fourth-order valence-electron chi connectivity index (χ4n) is 3.35. The van der Waals surface area contributed by atoms with E-state index in [2.05, 4.69) is 15.6 Å². The second-order valence-electron chi connectivity index (χ2n) is 6.78. The summed E-state index contributed by atoms with van der Waals surface area (Å²) in [6, 6.07) is 12.9. The standard InChI is InChI=1S/C21H21ClN4O4/c1-28-16-7-8-18(29-2)14(9-16)10-23-21(27)20-17-12-30-19(11-26(17)25-24-20)13-3-5-15(22)6-4-13/h3-9,19H,10-12H2,1-2H3,(H,23,27). The van der Waals surface area contributed by atoms with E-state index in [9.17, 15) is 4.79 Å². The van der Waals surface area contributed by atoms with Gasteiger partial charge in [0, 0.05) is 17.1 Å². The molecule has 8 nitrogen and oxygen atoms in total. The first-order chi connectivity index (χ1) is 14.6. The highest BCUT2D eigenvalue weighted by Crippen LogP contribution is 2.28. The molecule has 1 unspecified atom stereocenters. The van der Waals surface area contributed by atoms with Crippen LogP contribution in [0.25, 0.3) is 0 Å². The van der Waals surface area contributed by atoms with Gasteiger partial charge in [-0.2, -0.15) is 0 Å². The minimum absolute atomic E-state index is 0.173. The van der Waals surface area contributed by atoms with Crippen molar-refractivity contribution in [2.24, 2.45) is 0 Å². The largest absolute Gasteiger partial charge is 0.497 e. The number of carbonyl (C=O) groups excluding carboxylic acids is 1. The maximum atomic E-state index is 12.7. The zero-order chi connectivity index (χ0) is 21.1. The topological polar surface area (TPSA) is 87.5 Å². The Balaban J connectivity index is 1.45. The molecule has 1 aliphatic heterocycles. The Morgan fingerprint density at radius 3 is 2.77 bits per heavy atom. The molecule has 1 aliphatic rings. The zero-order valence-corrected chi connectivity index (χ0v) is 17.3. The summed E-state index contributed by atoms with van der Waals surface area (Å²) in [6.45, 7) is 0.978. The Kier molecular flexibility index (Phi) is 5.87. The van der Waals surface area contributed by atoms with Gasteiger partial charge in [-0.1, -0.05) is 28.9 Å². The molecule has 2 heterocycles. The molecule has 1 aromatic heterocycles. The Morgan fingerprint density at radius 2 is 2.03 bits per heavy atom. The van der Waals surface area contributed by atoms with Crippen LogP contribution in [0.15, 0.2) is 42.5 Å². The summed E-state index contributed by atoms with van der Waals surface area (Å²) < 4.78 is 18.3. The van der Waals surface area contributed by atoms with Crippen molar-refractivity contribution in [3.63, 3.8) is 0 Å². The van der Waals surface area contributed by atoms with Gasteiger partial charge < -0.3 is 19.5 Å². The minimum atomic E-state index is -0.324. The molecule has 0 fully saturated rings. The first-order valence-corrected chi connectivity index (χ1v) is 9.75. The van der Waals surface area contributed by atoms with Crippen LogP contribution in [-0.4, -0.2) is 35.1 Å². The number of nitrogens with one attached hydrogen (secondary N) is 1. The number of carbonyl (C=O) groups is 1. The van der Waals surface area contributed by atoms with Gasteiger partial charge in [0.1, 0.15) is 17.6 Å². The highest BCUT2D eigenvalue weighted by Gasteiger charge is 2.27. The first-order valence-electron chi connectivity index (χ1n) is 9.37. The molecule has 0 saturated heterocycles.